The molecule has 0 radical (unpaired) electrons. The van der Waals surface area contributed by atoms with E-state index in [1.807, 2.05) is 6.07 Å². The highest BCUT2D eigenvalue weighted by Gasteiger charge is 2.38. The highest BCUT2D eigenvalue weighted by atomic mass is 16.4. The Hall–Kier alpha value is -2.76. The Balaban J connectivity index is 2.24. The van der Waals surface area contributed by atoms with Crippen LogP contribution in [0.15, 0.2) is 30.3 Å². The summed E-state index contributed by atoms with van der Waals surface area (Å²) in [6, 6.07) is 7.07. The molecule has 6 nitrogen and oxygen atoms in total. The number of hydrogen-bond acceptors (Lipinski definition) is 4. The topological polar surface area (TPSA) is 100 Å². The number of carbonyl (C=O) groups is 2. The fraction of sp³-hybridized carbons (Fsp3) is 0.143. The first kappa shape index (κ1) is 12.3. The maximum absolute atomic E-state index is 11.4. The molecule has 0 saturated heterocycles. The van der Waals surface area contributed by atoms with Crippen LogP contribution in [0.1, 0.15) is 17.3 Å². The molecule has 0 fully saturated rings. The minimum atomic E-state index is -1.22. The lowest BCUT2D eigenvalue weighted by atomic mass is 9.84. The van der Waals surface area contributed by atoms with Crippen LogP contribution in [0.3, 0.4) is 0 Å². The van der Waals surface area contributed by atoms with Crippen LogP contribution in [0, 0.1) is 5.92 Å². The van der Waals surface area contributed by atoms with Crippen molar-refractivity contribution in [1.82, 2.24) is 9.97 Å². The lowest BCUT2D eigenvalue weighted by Gasteiger charge is -2.22. The predicted octanol–water partition coefficient (Wildman–Crippen LogP) is 1.53. The maximum Gasteiger partial charge on any atom is 0.313 e. The average molecular weight is 270 g/mol. The molecule has 20 heavy (non-hydrogen) atoms. The second kappa shape index (κ2) is 4.41. The molecule has 6 heteroatoms. The summed E-state index contributed by atoms with van der Waals surface area (Å²) in [6.07, 6.45) is 2.87. The summed E-state index contributed by atoms with van der Waals surface area (Å²) in [5.41, 5.74) is 1.81. The van der Waals surface area contributed by atoms with Crippen molar-refractivity contribution in [3.05, 3.63) is 41.7 Å². The van der Waals surface area contributed by atoms with E-state index in [0.29, 0.717) is 16.7 Å². The fourth-order valence-corrected chi connectivity index (χ4v) is 2.35. The van der Waals surface area contributed by atoms with Crippen LogP contribution in [-0.2, 0) is 9.59 Å². The number of carboxylic acid groups (broad SMARTS) is 2. The first-order valence-electron chi connectivity index (χ1n) is 5.98. The summed E-state index contributed by atoms with van der Waals surface area (Å²) in [4.78, 5) is 31.2. The van der Waals surface area contributed by atoms with Gasteiger partial charge in [-0.3, -0.25) is 9.59 Å². The molecule has 1 aliphatic rings. The average Bonchev–Trinajstić information content (AvgIpc) is 2.43. The lowest BCUT2D eigenvalue weighted by Crippen LogP contribution is -2.30. The molecule has 1 aliphatic carbocycles. The number of rotatable bonds is 2. The third kappa shape index (κ3) is 1.82. The number of carboxylic acids is 2. The molecule has 3 rings (SSSR count). The van der Waals surface area contributed by atoms with Gasteiger partial charge in [0.15, 0.2) is 0 Å². The smallest absolute Gasteiger partial charge is 0.313 e. The Morgan fingerprint density at radius 1 is 1.00 bits per heavy atom. The Morgan fingerprint density at radius 3 is 2.25 bits per heavy atom. The minimum absolute atomic E-state index is 0.200. The van der Waals surface area contributed by atoms with Gasteiger partial charge in [0.05, 0.1) is 28.3 Å². The third-order valence-electron chi connectivity index (χ3n) is 3.29. The van der Waals surface area contributed by atoms with Gasteiger partial charge in [0.1, 0.15) is 5.92 Å². The van der Waals surface area contributed by atoms with E-state index in [1.165, 1.54) is 12.2 Å². The largest absolute Gasteiger partial charge is 0.481 e. The third-order valence-corrected chi connectivity index (χ3v) is 3.29. The number of fused-ring (bicyclic) bond motifs is 2. The molecule has 1 aromatic carbocycles. The number of aliphatic carboxylic acids is 2. The van der Waals surface area contributed by atoms with Crippen LogP contribution in [-0.4, -0.2) is 32.1 Å². The highest BCUT2D eigenvalue weighted by molar-refractivity contribution is 5.89. The van der Waals surface area contributed by atoms with Gasteiger partial charge in [-0.05, 0) is 18.2 Å². The summed E-state index contributed by atoms with van der Waals surface area (Å²) in [5.74, 6) is -4.75. The molecule has 2 N–H and O–H groups in total. The number of hydrogen-bond donors (Lipinski definition) is 2. The molecule has 0 amide bonds. The van der Waals surface area contributed by atoms with Crippen molar-refractivity contribution < 1.29 is 19.8 Å². The van der Waals surface area contributed by atoms with Crippen molar-refractivity contribution in [2.45, 2.75) is 5.92 Å². The molecule has 1 aromatic heterocycles. The molecular weight excluding hydrogens is 260 g/mol. The normalized spacial score (nSPS) is 20.6. The van der Waals surface area contributed by atoms with Crippen LogP contribution in [0.4, 0.5) is 0 Å². The summed E-state index contributed by atoms with van der Waals surface area (Å²) in [5, 5.41) is 18.4. The molecular formula is C14H10N2O4. The fourth-order valence-electron chi connectivity index (χ4n) is 2.35. The van der Waals surface area contributed by atoms with Gasteiger partial charge in [-0.2, -0.15) is 0 Å². The van der Waals surface area contributed by atoms with Crippen molar-refractivity contribution in [2.24, 2.45) is 5.92 Å². The van der Waals surface area contributed by atoms with Crippen molar-refractivity contribution in [1.29, 1.82) is 0 Å². The SMILES string of the molecule is O=C(O)C1C=Cc2nc3ccccc3nc2C1C(=O)O. The Labute approximate surface area is 113 Å². The predicted molar refractivity (Wildman–Crippen MR) is 70.1 cm³/mol. The monoisotopic (exact) mass is 270 g/mol. The molecule has 2 aromatic rings. The van der Waals surface area contributed by atoms with Gasteiger partial charge < -0.3 is 10.2 Å². The van der Waals surface area contributed by atoms with Crippen LogP contribution in [0.5, 0.6) is 0 Å². The van der Waals surface area contributed by atoms with Gasteiger partial charge in [0, 0.05) is 0 Å². The Bertz CT molecular complexity index is 754. The van der Waals surface area contributed by atoms with E-state index >= 15 is 0 Å². The van der Waals surface area contributed by atoms with E-state index in [0.717, 1.165) is 0 Å². The van der Waals surface area contributed by atoms with E-state index in [9.17, 15) is 14.7 Å². The van der Waals surface area contributed by atoms with Crippen molar-refractivity contribution in [3.63, 3.8) is 0 Å². The van der Waals surface area contributed by atoms with E-state index in [-0.39, 0.29) is 5.69 Å². The standard InChI is InChI=1S/C14H10N2O4/c17-13(18)7-5-6-10-12(11(7)14(19)20)16-9-4-2-1-3-8(9)15-10/h1-7,11H,(H,17,18)(H,19,20). The van der Waals surface area contributed by atoms with Crippen LogP contribution in [0.25, 0.3) is 17.1 Å². The van der Waals surface area contributed by atoms with Gasteiger partial charge in [0.2, 0.25) is 0 Å². The Kier molecular flexibility index (Phi) is 2.71. The number of para-hydroxylation sites is 2. The van der Waals surface area contributed by atoms with Crippen LogP contribution in [0.2, 0.25) is 0 Å². The molecule has 2 atom stereocenters. The second-order valence-electron chi connectivity index (χ2n) is 4.52. The summed E-state index contributed by atoms with van der Waals surface area (Å²) in [6.45, 7) is 0. The van der Waals surface area contributed by atoms with Gasteiger partial charge >= 0.3 is 11.9 Å². The second-order valence-corrected chi connectivity index (χ2v) is 4.52. The number of nitrogens with zero attached hydrogens (tertiary/aromatic N) is 2. The minimum Gasteiger partial charge on any atom is -0.481 e. The van der Waals surface area contributed by atoms with Gasteiger partial charge in [-0.15, -0.1) is 0 Å². The Morgan fingerprint density at radius 2 is 1.65 bits per heavy atom. The summed E-state index contributed by atoms with van der Waals surface area (Å²) < 4.78 is 0. The summed E-state index contributed by atoms with van der Waals surface area (Å²) >= 11 is 0. The zero-order valence-corrected chi connectivity index (χ0v) is 10.2. The van der Waals surface area contributed by atoms with Gasteiger partial charge in [-0.25, -0.2) is 9.97 Å². The molecule has 100 valence electrons. The maximum atomic E-state index is 11.4. The molecule has 1 heterocycles. The van der Waals surface area contributed by atoms with E-state index < -0.39 is 23.8 Å². The first-order chi connectivity index (χ1) is 9.58. The van der Waals surface area contributed by atoms with E-state index in [4.69, 9.17) is 5.11 Å². The number of aromatic nitrogens is 2. The van der Waals surface area contributed by atoms with Gasteiger partial charge in [-0.1, -0.05) is 18.2 Å². The van der Waals surface area contributed by atoms with Crippen LogP contribution >= 0.6 is 0 Å². The number of benzene rings is 1. The molecule has 0 aliphatic heterocycles. The van der Waals surface area contributed by atoms with E-state index in [1.54, 1.807) is 18.2 Å². The highest BCUT2D eigenvalue weighted by Crippen LogP contribution is 2.33. The zero-order chi connectivity index (χ0) is 14.3. The zero-order valence-electron chi connectivity index (χ0n) is 10.2. The lowest BCUT2D eigenvalue weighted by molar-refractivity contribution is -0.148. The van der Waals surface area contributed by atoms with Gasteiger partial charge in [0.25, 0.3) is 0 Å². The quantitative estimate of drug-likeness (QED) is 0.858. The molecule has 0 spiro atoms. The van der Waals surface area contributed by atoms with E-state index in [2.05, 4.69) is 9.97 Å². The van der Waals surface area contributed by atoms with Crippen molar-refractivity contribution in [3.8, 4) is 0 Å². The summed E-state index contributed by atoms with van der Waals surface area (Å²) in [7, 11) is 0. The van der Waals surface area contributed by atoms with Crippen molar-refractivity contribution in [2.75, 3.05) is 0 Å². The molecule has 0 bridgehead atoms. The van der Waals surface area contributed by atoms with Crippen LogP contribution < -0.4 is 0 Å². The molecule has 0 saturated carbocycles. The first-order valence-corrected chi connectivity index (χ1v) is 5.98. The molecule has 2 unspecified atom stereocenters. The van der Waals surface area contributed by atoms with Crippen molar-refractivity contribution >= 4 is 29.0 Å².